The smallest absolute Gasteiger partial charge is 0.253 e. The quantitative estimate of drug-likeness (QED) is 0.774. The average molecular weight is 394 g/mol. The second-order valence-electron chi connectivity index (χ2n) is 7.57. The SMILES string of the molecule is CCN(CC)C(=O)c1cccc(NC(=O)CN2CCC(c3ccccc3)CC2)c1. The third-order valence-electron chi connectivity index (χ3n) is 5.67. The number of nitrogens with one attached hydrogen (secondary N) is 1. The first-order chi connectivity index (χ1) is 14.1. The Morgan fingerprint density at radius 2 is 1.69 bits per heavy atom. The van der Waals surface area contributed by atoms with Crippen LogP contribution in [-0.2, 0) is 4.79 Å². The van der Waals surface area contributed by atoms with Gasteiger partial charge in [0.1, 0.15) is 0 Å². The second kappa shape index (κ2) is 10.2. The zero-order chi connectivity index (χ0) is 20.6. The molecular formula is C24H31N3O2. The van der Waals surface area contributed by atoms with Crippen molar-refractivity contribution in [1.29, 1.82) is 0 Å². The number of carbonyl (C=O) groups is 2. The first kappa shape index (κ1) is 21.1. The van der Waals surface area contributed by atoms with Crippen LogP contribution in [0.5, 0.6) is 0 Å². The summed E-state index contributed by atoms with van der Waals surface area (Å²) in [6.07, 6.45) is 2.15. The number of anilines is 1. The molecule has 1 N–H and O–H groups in total. The Bertz CT molecular complexity index is 810. The van der Waals surface area contributed by atoms with Gasteiger partial charge in [-0.2, -0.15) is 0 Å². The molecule has 0 aromatic heterocycles. The summed E-state index contributed by atoms with van der Waals surface area (Å²) >= 11 is 0. The minimum atomic E-state index is -0.0319. The Morgan fingerprint density at radius 1 is 1.00 bits per heavy atom. The van der Waals surface area contributed by atoms with E-state index in [0.29, 0.717) is 36.8 Å². The van der Waals surface area contributed by atoms with Crippen molar-refractivity contribution < 1.29 is 9.59 Å². The molecule has 2 aromatic carbocycles. The van der Waals surface area contributed by atoms with Crippen LogP contribution in [0.3, 0.4) is 0 Å². The van der Waals surface area contributed by atoms with Crippen molar-refractivity contribution in [1.82, 2.24) is 9.80 Å². The van der Waals surface area contributed by atoms with Gasteiger partial charge < -0.3 is 10.2 Å². The summed E-state index contributed by atoms with van der Waals surface area (Å²) in [5, 5.41) is 2.95. The second-order valence-corrected chi connectivity index (χ2v) is 7.57. The summed E-state index contributed by atoms with van der Waals surface area (Å²) in [6, 6.07) is 17.8. The fourth-order valence-corrected chi connectivity index (χ4v) is 3.98. The van der Waals surface area contributed by atoms with Crippen molar-refractivity contribution >= 4 is 17.5 Å². The first-order valence-electron chi connectivity index (χ1n) is 10.6. The van der Waals surface area contributed by atoms with Gasteiger partial charge in [-0.25, -0.2) is 0 Å². The zero-order valence-corrected chi connectivity index (χ0v) is 17.4. The van der Waals surface area contributed by atoms with Crippen molar-refractivity contribution in [2.75, 3.05) is 38.0 Å². The molecule has 5 nitrogen and oxygen atoms in total. The fraction of sp³-hybridized carbons (Fsp3) is 0.417. The molecule has 0 radical (unpaired) electrons. The normalized spacial score (nSPS) is 15.1. The van der Waals surface area contributed by atoms with E-state index in [4.69, 9.17) is 0 Å². The number of rotatable bonds is 7. The Labute approximate surface area is 173 Å². The Balaban J connectivity index is 1.51. The van der Waals surface area contributed by atoms with Gasteiger partial charge in [-0.05, 0) is 69.5 Å². The molecule has 2 amide bonds. The van der Waals surface area contributed by atoms with E-state index >= 15 is 0 Å². The molecule has 2 aromatic rings. The highest BCUT2D eigenvalue weighted by Crippen LogP contribution is 2.27. The Hall–Kier alpha value is -2.66. The van der Waals surface area contributed by atoms with Gasteiger partial charge >= 0.3 is 0 Å². The zero-order valence-electron chi connectivity index (χ0n) is 17.4. The Morgan fingerprint density at radius 3 is 2.34 bits per heavy atom. The maximum Gasteiger partial charge on any atom is 0.253 e. The van der Waals surface area contributed by atoms with Crippen LogP contribution in [0.15, 0.2) is 54.6 Å². The lowest BCUT2D eigenvalue weighted by molar-refractivity contribution is -0.117. The van der Waals surface area contributed by atoms with Crippen LogP contribution in [0.4, 0.5) is 5.69 Å². The van der Waals surface area contributed by atoms with E-state index in [0.717, 1.165) is 25.9 Å². The van der Waals surface area contributed by atoms with Crippen molar-refractivity contribution in [2.24, 2.45) is 0 Å². The number of hydrogen-bond donors (Lipinski definition) is 1. The molecule has 29 heavy (non-hydrogen) atoms. The highest BCUT2D eigenvalue weighted by atomic mass is 16.2. The van der Waals surface area contributed by atoms with E-state index in [1.54, 1.807) is 17.0 Å². The van der Waals surface area contributed by atoms with E-state index in [9.17, 15) is 9.59 Å². The number of benzene rings is 2. The highest BCUT2D eigenvalue weighted by Gasteiger charge is 2.22. The summed E-state index contributed by atoms with van der Waals surface area (Å²) < 4.78 is 0. The topological polar surface area (TPSA) is 52.7 Å². The molecule has 1 fully saturated rings. The minimum absolute atomic E-state index is 0.00548. The van der Waals surface area contributed by atoms with Gasteiger partial charge in [0.05, 0.1) is 6.54 Å². The minimum Gasteiger partial charge on any atom is -0.339 e. The summed E-state index contributed by atoms with van der Waals surface area (Å²) in [5.74, 6) is 0.544. The molecule has 0 aliphatic carbocycles. The third-order valence-corrected chi connectivity index (χ3v) is 5.67. The van der Waals surface area contributed by atoms with Gasteiger partial charge in [-0.3, -0.25) is 14.5 Å². The molecule has 154 valence electrons. The van der Waals surface area contributed by atoms with Crippen molar-refractivity contribution in [3.63, 3.8) is 0 Å². The van der Waals surface area contributed by atoms with Gasteiger partial charge in [0.15, 0.2) is 0 Å². The van der Waals surface area contributed by atoms with Crippen molar-refractivity contribution in [3.8, 4) is 0 Å². The number of likely N-dealkylation sites (tertiary alicyclic amines) is 1. The molecule has 0 saturated carbocycles. The third kappa shape index (κ3) is 5.67. The van der Waals surface area contributed by atoms with Crippen molar-refractivity contribution in [2.45, 2.75) is 32.6 Å². The molecule has 0 unspecified atom stereocenters. The molecule has 3 rings (SSSR count). The monoisotopic (exact) mass is 393 g/mol. The van der Waals surface area contributed by atoms with E-state index < -0.39 is 0 Å². The molecule has 0 atom stereocenters. The first-order valence-corrected chi connectivity index (χ1v) is 10.6. The summed E-state index contributed by atoms with van der Waals surface area (Å²) in [7, 11) is 0. The van der Waals surface area contributed by atoms with Crippen LogP contribution >= 0.6 is 0 Å². The van der Waals surface area contributed by atoms with E-state index in [1.165, 1.54) is 5.56 Å². The number of amides is 2. The molecule has 5 heteroatoms. The molecular weight excluding hydrogens is 362 g/mol. The van der Waals surface area contributed by atoms with Gasteiger partial charge in [0.2, 0.25) is 5.91 Å². The largest absolute Gasteiger partial charge is 0.339 e. The summed E-state index contributed by atoms with van der Waals surface area (Å²) in [5.41, 5.74) is 2.67. The van der Waals surface area contributed by atoms with Crippen LogP contribution in [0.2, 0.25) is 0 Å². The number of piperidine rings is 1. The average Bonchev–Trinajstić information content (AvgIpc) is 2.76. The summed E-state index contributed by atoms with van der Waals surface area (Å²) in [4.78, 5) is 29.0. The maximum atomic E-state index is 12.5. The standard InChI is InChI=1S/C24H31N3O2/c1-3-27(4-2)24(29)21-11-8-12-22(17-21)25-23(28)18-26-15-13-20(14-16-26)19-9-6-5-7-10-19/h5-12,17,20H,3-4,13-16,18H2,1-2H3,(H,25,28). The molecule has 1 saturated heterocycles. The maximum absolute atomic E-state index is 12.5. The van der Waals surface area contributed by atoms with Crippen LogP contribution in [0.1, 0.15) is 48.5 Å². The van der Waals surface area contributed by atoms with Gasteiger partial charge in [0.25, 0.3) is 5.91 Å². The number of hydrogen-bond acceptors (Lipinski definition) is 3. The van der Waals surface area contributed by atoms with Crippen LogP contribution in [0, 0.1) is 0 Å². The van der Waals surface area contributed by atoms with Crippen LogP contribution in [0.25, 0.3) is 0 Å². The van der Waals surface area contributed by atoms with Crippen LogP contribution < -0.4 is 5.32 Å². The van der Waals surface area contributed by atoms with Gasteiger partial charge in [0, 0.05) is 24.3 Å². The molecule has 0 spiro atoms. The molecule has 1 aliphatic rings. The lowest BCUT2D eigenvalue weighted by Crippen LogP contribution is -2.38. The summed E-state index contributed by atoms with van der Waals surface area (Å²) in [6.45, 7) is 7.51. The van der Waals surface area contributed by atoms with Crippen LogP contribution in [-0.4, -0.2) is 54.3 Å². The lowest BCUT2D eigenvalue weighted by atomic mass is 9.89. The molecule has 1 heterocycles. The molecule has 0 bridgehead atoms. The number of carbonyl (C=O) groups excluding carboxylic acids is 2. The lowest BCUT2D eigenvalue weighted by Gasteiger charge is -2.31. The highest BCUT2D eigenvalue weighted by molar-refractivity contribution is 5.97. The van der Waals surface area contributed by atoms with Gasteiger partial charge in [-0.1, -0.05) is 36.4 Å². The Kier molecular flexibility index (Phi) is 7.42. The van der Waals surface area contributed by atoms with E-state index in [2.05, 4.69) is 34.5 Å². The predicted molar refractivity (Wildman–Crippen MR) is 117 cm³/mol. The van der Waals surface area contributed by atoms with E-state index in [1.807, 2.05) is 32.0 Å². The van der Waals surface area contributed by atoms with Crippen molar-refractivity contribution in [3.05, 3.63) is 65.7 Å². The fourth-order valence-electron chi connectivity index (χ4n) is 3.98. The number of nitrogens with zero attached hydrogens (tertiary/aromatic N) is 2. The molecule has 1 aliphatic heterocycles. The van der Waals surface area contributed by atoms with E-state index in [-0.39, 0.29) is 11.8 Å². The van der Waals surface area contributed by atoms with Gasteiger partial charge in [-0.15, -0.1) is 0 Å². The predicted octanol–water partition coefficient (Wildman–Crippen LogP) is 3.99.